The molecule has 1 unspecified atom stereocenters. The molecule has 0 aliphatic rings. The molecule has 0 fully saturated rings. The fraction of sp³-hybridized carbons (Fsp3) is 0.750. The molecule has 0 aliphatic heterocycles. The molecule has 6 heteroatoms. The lowest BCUT2D eigenvalue weighted by Gasteiger charge is -2.11. The Balaban J connectivity index is 2.47. The van der Waals surface area contributed by atoms with Gasteiger partial charge in [0.1, 0.15) is 0 Å². The molecule has 0 radical (unpaired) electrons. The van der Waals surface area contributed by atoms with E-state index in [1.54, 1.807) is 7.11 Å². The number of nitrogens with one attached hydrogen (secondary N) is 1. The lowest BCUT2D eigenvalue weighted by atomic mass is 10.2. The van der Waals surface area contributed by atoms with Crippen molar-refractivity contribution in [2.75, 3.05) is 25.6 Å². The summed E-state index contributed by atoms with van der Waals surface area (Å²) in [7, 11) is 1.65. The summed E-state index contributed by atoms with van der Waals surface area (Å²) in [6.45, 7) is 5.42. The molecule has 6 nitrogen and oxygen atoms in total. The first-order chi connectivity index (χ1) is 8.71. The molecule has 1 rings (SSSR count). The number of aryl methyl sites for hydroxylation is 2. The van der Waals surface area contributed by atoms with Crippen LogP contribution in [0, 0.1) is 0 Å². The number of anilines is 1. The van der Waals surface area contributed by atoms with Gasteiger partial charge < -0.3 is 15.8 Å². The summed E-state index contributed by atoms with van der Waals surface area (Å²) in [6.07, 6.45) is 2.55. The summed E-state index contributed by atoms with van der Waals surface area (Å²) in [4.78, 5) is 4.45. The van der Waals surface area contributed by atoms with Gasteiger partial charge in [0.25, 0.3) is 0 Å². The highest BCUT2D eigenvalue weighted by atomic mass is 16.5. The van der Waals surface area contributed by atoms with Crippen molar-refractivity contribution >= 4 is 5.95 Å². The smallest absolute Gasteiger partial charge is 0.242 e. The summed E-state index contributed by atoms with van der Waals surface area (Å²) in [5.74, 6) is 0.577. The van der Waals surface area contributed by atoms with Gasteiger partial charge in [-0.05, 0) is 19.3 Å². The van der Waals surface area contributed by atoms with Crippen molar-refractivity contribution < 1.29 is 4.74 Å². The van der Waals surface area contributed by atoms with E-state index in [9.17, 15) is 0 Å². The molecular formula is C12H23N5O. The molecule has 0 bridgehead atoms. The van der Waals surface area contributed by atoms with E-state index in [4.69, 9.17) is 10.5 Å². The van der Waals surface area contributed by atoms with E-state index in [1.165, 1.54) is 0 Å². The second-order valence-electron chi connectivity index (χ2n) is 4.17. The molecule has 0 aromatic carbocycles. The molecule has 1 heterocycles. The van der Waals surface area contributed by atoms with Crippen LogP contribution in [0.2, 0.25) is 0 Å². The summed E-state index contributed by atoms with van der Waals surface area (Å²) >= 11 is 0. The highest BCUT2D eigenvalue weighted by molar-refractivity contribution is 5.25. The number of ether oxygens (including phenoxy) is 1. The molecule has 0 aliphatic carbocycles. The first kappa shape index (κ1) is 14.8. The summed E-state index contributed by atoms with van der Waals surface area (Å²) < 4.78 is 4.98. The van der Waals surface area contributed by atoms with Crippen LogP contribution in [0.5, 0.6) is 0 Å². The predicted octanol–water partition coefficient (Wildman–Crippen LogP) is 0.772. The van der Waals surface area contributed by atoms with Crippen LogP contribution in [0.3, 0.4) is 0 Å². The zero-order valence-electron chi connectivity index (χ0n) is 11.4. The van der Waals surface area contributed by atoms with E-state index in [-0.39, 0.29) is 6.04 Å². The Labute approximate surface area is 108 Å². The van der Waals surface area contributed by atoms with Gasteiger partial charge in [-0.3, -0.25) is 0 Å². The van der Waals surface area contributed by atoms with E-state index < -0.39 is 0 Å². The third-order valence-corrected chi connectivity index (χ3v) is 2.69. The molecule has 1 aromatic heterocycles. The maximum absolute atomic E-state index is 5.83. The van der Waals surface area contributed by atoms with Crippen LogP contribution in [0.15, 0.2) is 0 Å². The lowest BCUT2D eigenvalue weighted by molar-refractivity contribution is 0.178. The SMILES string of the molecule is CCc1nnc(NCCC(N)COC)nc1CC. The Kier molecular flexibility index (Phi) is 6.53. The maximum Gasteiger partial charge on any atom is 0.242 e. The highest BCUT2D eigenvalue weighted by Gasteiger charge is 2.06. The van der Waals surface area contributed by atoms with Gasteiger partial charge >= 0.3 is 0 Å². The number of hydrogen-bond acceptors (Lipinski definition) is 6. The van der Waals surface area contributed by atoms with Crippen molar-refractivity contribution in [2.24, 2.45) is 5.73 Å². The molecule has 1 atom stereocenters. The second-order valence-corrected chi connectivity index (χ2v) is 4.17. The van der Waals surface area contributed by atoms with Crippen LogP contribution in [0.25, 0.3) is 0 Å². The fourth-order valence-corrected chi connectivity index (χ4v) is 1.68. The Morgan fingerprint density at radius 3 is 2.56 bits per heavy atom. The Morgan fingerprint density at radius 2 is 1.94 bits per heavy atom. The molecule has 1 aromatic rings. The van der Waals surface area contributed by atoms with Gasteiger partial charge in [-0.1, -0.05) is 13.8 Å². The number of nitrogens with zero attached hydrogens (tertiary/aromatic N) is 3. The van der Waals surface area contributed by atoms with Crippen molar-refractivity contribution in [1.82, 2.24) is 15.2 Å². The first-order valence-electron chi connectivity index (χ1n) is 6.42. The highest BCUT2D eigenvalue weighted by Crippen LogP contribution is 2.06. The van der Waals surface area contributed by atoms with Crippen LogP contribution in [0.4, 0.5) is 5.95 Å². The Bertz CT molecular complexity index is 358. The van der Waals surface area contributed by atoms with Crippen molar-refractivity contribution in [3.05, 3.63) is 11.4 Å². The van der Waals surface area contributed by atoms with Crippen LogP contribution < -0.4 is 11.1 Å². The van der Waals surface area contributed by atoms with Crippen LogP contribution in [-0.4, -0.2) is 41.5 Å². The number of methoxy groups -OCH3 is 1. The van der Waals surface area contributed by atoms with Gasteiger partial charge in [-0.25, -0.2) is 4.98 Å². The number of rotatable bonds is 8. The third-order valence-electron chi connectivity index (χ3n) is 2.69. The van der Waals surface area contributed by atoms with E-state index in [1.807, 2.05) is 0 Å². The average Bonchev–Trinajstić information content (AvgIpc) is 2.38. The normalized spacial score (nSPS) is 12.4. The summed E-state index contributed by atoms with van der Waals surface area (Å²) in [6, 6.07) is 0.0380. The number of aromatic nitrogens is 3. The fourth-order valence-electron chi connectivity index (χ4n) is 1.68. The van der Waals surface area contributed by atoms with Crippen molar-refractivity contribution in [3.63, 3.8) is 0 Å². The Morgan fingerprint density at radius 1 is 1.22 bits per heavy atom. The Hall–Kier alpha value is -1.27. The molecule has 0 saturated carbocycles. The van der Waals surface area contributed by atoms with Crippen molar-refractivity contribution in [1.29, 1.82) is 0 Å². The van der Waals surface area contributed by atoms with E-state index in [2.05, 4.69) is 34.3 Å². The van der Waals surface area contributed by atoms with Gasteiger partial charge in [0.15, 0.2) is 0 Å². The molecule has 0 spiro atoms. The lowest BCUT2D eigenvalue weighted by Crippen LogP contribution is -2.28. The van der Waals surface area contributed by atoms with Gasteiger partial charge in [-0.15, -0.1) is 5.10 Å². The molecule has 0 amide bonds. The quantitative estimate of drug-likeness (QED) is 0.712. The zero-order valence-corrected chi connectivity index (χ0v) is 11.4. The second kappa shape index (κ2) is 7.94. The van der Waals surface area contributed by atoms with Gasteiger partial charge in [0.05, 0.1) is 18.0 Å². The van der Waals surface area contributed by atoms with Crippen LogP contribution >= 0.6 is 0 Å². The molecule has 18 heavy (non-hydrogen) atoms. The first-order valence-corrected chi connectivity index (χ1v) is 6.42. The van der Waals surface area contributed by atoms with Crippen molar-refractivity contribution in [2.45, 2.75) is 39.2 Å². The van der Waals surface area contributed by atoms with Gasteiger partial charge in [-0.2, -0.15) is 5.10 Å². The monoisotopic (exact) mass is 253 g/mol. The van der Waals surface area contributed by atoms with Crippen molar-refractivity contribution in [3.8, 4) is 0 Å². The van der Waals surface area contributed by atoms with Gasteiger partial charge in [0.2, 0.25) is 5.95 Å². The maximum atomic E-state index is 5.83. The van der Waals surface area contributed by atoms with Gasteiger partial charge in [0, 0.05) is 19.7 Å². The average molecular weight is 253 g/mol. The standard InChI is InChI=1S/C12H23N5O/c1-4-10-11(5-2)16-17-12(15-10)14-7-6-9(13)8-18-3/h9H,4-8,13H2,1-3H3,(H,14,15,17). The largest absolute Gasteiger partial charge is 0.383 e. The number of nitrogens with two attached hydrogens (primary N) is 1. The van der Waals surface area contributed by atoms with E-state index in [0.717, 1.165) is 37.2 Å². The molecular weight excluding hydrogens is 230 g/mol. The topological polar surface area (TPSA) is 86.0 Å². The van der Waals surface area contributed by atoms with E-state index in [0.29, 0.717) is 12.6 Å². The third kappa shape index (κ3) is 4.54. The summed E-state index contributed by atoms with van der Waals surface area (Å²) in [5.41, 5.74) is 7.81. The predicted molar refractivity (Wildman–Crippen MR) is 71.5 cm³/mol. The van der Waals surface area contributed by atoms with E-state index >= 15 is 0 Å². The van der Waals surface area contributed by atoms with Crippen LogP contribution in [0.1, 0.15) is 31.7 Å². The van der Waals surface area contributed by atoms with Crippen LogP contribution in [-0.2, 0) is 17.6 Å². The zero-order chi connectivity index (χ0) is 13.4. The number of hydrogen-bond donors (Lipinski definition) is 2. The molecule has 0 saturated heterocycles. The molecule has 3 N–H and O–H groups in total. The summed E-state index contributed by atoms with van der Waals surface area (Å²) in [5, 5.41) is 11.4. The minimum atomic E-state index is 0.0380. The minimum absolute atomic E-state index is 0.0380. The molecule has 102 valence electrons. The minimum Gasteiger partial charge on any atom is -0.383 e.